The first kappa shape index (κ1) is 12.0. The zero-order valence-corrected chi connectivity index (χ0v) is 9.63. The van der Waals surface area contributed by atoms with Crippen LogP contribution in [0.25, 0.3) is 0 Å². The van der Waals surface area contributed by atoms with Crippen molar-refractivity contribution in [1.29, 1.82) is 0 Å². The van der Waals surface area contributed by atoms with Crippen molar-refractivity contribution < 1.29 is 4.79 Å². The van der Waals surface area contributed by atoms with Gasteiger partial charge in [0.1, 0.15) is 0 Å². The quantitative estimate of drug-likeness (QED) is 0.542. The molecule has 2 aromatic heterocycles. The Hall–Kier alpha value is -2.47. The van der Waals surface area contributed by atoms with Crippen molar-refractivity contribution >= 4 is 11.7 Å². The number of hydrogen-bond acceptors (Lipinski definition) is 5. The van der Waals surface area contributed by atoms with Crippen molar-refractivity contribution in [3.05, 3.63) is 54.0 Å². The molecule has 0 atom stereocenters. The van der Waals surface area contributed by atoms with Crippen LogP contribution in [0.15, 0.2) is 42.9 Å². The Balaban J connectivity index is 2.04. The Morgan fingerprint density at radius 2 is 2.00 bits per heavy atom. The molecule has 0 radical (unpaired) electrons. The molecule has 0 aliphatic carbocycles. The number of amides is 1. The van der Waals surface area contributed by atoms with Gasteiger partial charge in [0.05, 0.1) is 5.56 Å². The predicted molar refractivity (Wildman–Crippen MR) is 67.5 cm³/mol. The number of aromatic nitrogens is 2. The number of carbonyl (C=O) groups is 1. The maximum atomic E-state index is 11.9. The monoisotopic (exact) mass is 243 g/mol. The summed E-state index contributed by atoms with van der Waals surface area (Å²) in [6, 6.07) is 7.02. The molecular weight excluding hydrogens is 230 g/mol. The lowest BCUT2D eigenvalue weighted by Gasteiger charge is -2.08. The third-order valence-electron chi connectivity index (χ3n) is 2.39. The van der Waals surface area contributed by atoms with E-state index in [0.29, 0.717) is 17.9 Å². The molecule has 2 rings (SSSR count). The Labute approximate surface area is 104 Å². The highest BCUT2D eigenvalue weighted by Gasteiger charge is 2.10. The van der Waals surface area contributed by atoms with Crippen molar-refractivity contribution in [2.24, 2.45) is 5.84 Å². The second-order valence-corrected chi connectivity index (χ2v) is 3.58. The smallest absolute Gasteiger partial charge is 0.255 e. The van der Waals surface area contributed by atoms with Gasteiger partial charge in [-0.2, -0.15) is 0 Å². The molecule has 1 amide bonds. The molecule has 18 heavy (non-hydrogen) atoms. The van der Waals surface area contributed by atoms with Crippen LogP contribution in [0.5, 0.6) is 0 Å². The summed E-state index contributed by atoms with van der Waals surface area (Å²) in [6.07, 6.45) is 4.92. The van der Waals surface area contributed by atoms with Gasteiger partial charge in [0, 0.05) is 25.1 Å². The maximum Gasteiger partial charge on any atom is 0.255 e. The van der Waals surface area contributed by atoms with Gasteiger partial charge in [-0.05, 0) is 29.8 Å². The number of nitrogens with zero attached hydrogens (tertiary/aromatic N) is 2. The topological polar surface area (TPSA) is 92.9 Å². The van der Waals surface area contributed by atoms with E-state index in [1.54, 1.807) is 30.7 Å². The Kier molecular flexibility index (Phi) is 3.83. The number of pyridine rings is 2. The van der Waals surface area contributed by atoms with E-state index in [4.69, 9.17) is 5.84 Å². The second kappa shape index (κ2) is 5.74. The number of rotatable bonds is 4. The summed E-state index contributed by atoms with van der Waals surface area (Å²) in [5.74, 6) is 5.42. The highest BCUT2D eigenvalue weighted by molar-refractivity contribution is 5.98. The summed E-state index contributed by atoms with van der Waals surface area (Å²) in [4.78, 5) is 19.8. The highest BCUT2D eigenvalue weighted by atomic mass is 16.1. The van der Waals surface area contributed by atoms with E-state index in [9.17, 15) is 4.79 Å². The molecule has 0 bridgehead atoms. The molecule has 0 aliphatic heterocycles. The molecule has 0 saturated heterocycles. The number of nitrogen functional groups attached to an aromatic ring is 1. The lowest BCUT2D eigenvalue weighted by molar-refractivity contribution is 0.0951. The Morgan fingerprint density at radius 3 is 2.72 bits per heavy atom. The van der Waals surface area contributed by atoms with Gasteiger partial charge in [0.25, 0.3) is 5.91 Å². The number of nitrogens with two attached hydrogens (primary N) is 1. The fraction of sp³-hybridized carbons (Fsp3) is 0.0833. The summed E-state index contributed by atoms with van der Waals surface area (Å²) >= 11 is 0. The number of nitrogens with one attached hydrogen (secondary N) is 2. The number of carbonyl (C=O) groups excluding carboxylic acids is 1. The molecule has 0 aliphatic rings. The van der Waals surface area contributed by atoms with E-state index in [1.807, 2.05) is 12.1 Å². The average Bonchev–Trinajstić information content (AvgIpc) is 2.45. The van der Waals surface area contributed by atoms with Crippen LogP contribution in [0.2, 0.25) is 0 Å². The molecule has 0 fully saturated rings. The minimum absolute atomic E-state index is 0.229. The summed E-state index contributed by atoms with van der Waals surface area (Å²) in [5, 5.41) is 2.79. The molecule has 0 spiro atoms. The van der Waals surface area contributed by atoms with Crippen LogP contribution < -0.4 is 16.6 Å². The molecule has 0 saturated carbocycles. The molecular formula is C12H13N5O. The summed E-state index contributed by atoms with van der Waals surface area (Å²) in [6.45, 7) is 0.431. The Bertz CT molecular complexity index is 529. The van der Waals surface area contributed by atoms with Crippen LogP contribution in [0, 0.1) is 0 Å². The van der Waals surface area contributed by atoms with Crippen LogP contribution in [-0.4, -0.2) is 15.9 Å². The van der Waals surface area contributed by atoms with Gasteiger partial charge in [0.15, 0.2) is 5.82 Å². The fourth-order valence-corrected chi connectivity index (χ4v) is 1.48. The third-order valence-corrected chi connectivity index (χ3v) is 2.39. The minimum Gasteiger partial charge on any atom is -0.348 e. The molecule has 2 heterocycles. The van der Waals surface area contributed by atoms with Gasteiger partial charge in [-0.15, -0.1) is 0 Å². The third kappa shape index (κ3) is 2.80. The molecule has 6 nitrogen and oxygen atoms in total. The van der Waals surface area contributed by atoms with Crippen LogP contribution in [0.1, 0.15) is 15.9 Å². The van der Waals surface area contributed by atoms with Gasteiger partial charge in [0.2, 0.25) is 0 Å². The lowest BCUT2D eigenvalue weighted by atomic mass is 10.2. The molecule has 92 valence electrons. The van der Waals surface area contributed by atoms with Gasteiger partial charge >= 0.3 is 0 Å². The largest absolute Gasteiger partial charge is 0.348 e. The first-order valence-electron chi connectivity index (χ1n) is 5.40. The van der Waals surface area contributed by atoms with Gasteiger partial charge in [-0.3, -0.25) is 9.78 Å². The van der Waals surface area contributed by atoms with E-state index in [0.717, 1.165) is 5.56 Å². The molecule has 0 aromatic carbocycles. The van der Waals surface area contributed by atoms with E-state index in [1.165, 1.54) is 0 Å². The summed E-state index contributed by atoms with van der Waals surface area (Å²) in [7, 11) is 0. The zero-order valence-electron chi connectivity index (χ0n) is 9.63. The first-order valence-corrected chi connectivity index (χ1v) is 5.40. The number of anilines is 1. The standard InChI is InChI=1S/C12H13N5O/c13-17-11-10(2-1-5-15-11)12(18)16-8-9-3-6-14-7-4-9/h1-7H,8,13H2,(H,15,17)(H,16,18). The van der Waals surface area contributed by atoms with Gasteiger partial charge < -0.3 is 10.7 Å². The van der Waals surface area contributed by atoms with Gasteiger partial charge in [-0.1, -0.05) is 0 Å². The Morgan fingerprint density at radius 1 is 1.22 bits per heavy atom. The first-order chi connectivity index (χ1) is 8.81. The lowest BCUT2D eigenvalue weighted by Crippen LogP contribution is -2.25. The normalized spacial score (nSPS) is 9.83. The SMILES string of the molecule is NNc1ncccc1C(=O)NCc1ccncc1. The van der Waals surface area contributed by atoms with Gasteiger partial charge in [-0.25, -0.2) is 10.8 Å². The molecule has 2 aromatic rings. The number of hydrazine groups is 1. The predicted octanol–water partition coefficient (Wildman–Crippen LogP) is 0.692. The van der Waals surface area contributed by atoms with Crippen LogP contribution in [0.3, 0.4) is 0 Å². The molecule has 0 unspecified atom stereocenters. The van der Waals surface area contributed by atoms with E-state index >= 15 is 0 Å². The second-order valence-electron chi connectivity index (χ2n) is 3.58. The van der Waals surface area contributed by atoms with E-state index in [2.05, 4.69) is 20.7 Å². The van der Waals surface area contributed by atoms with Crippen molar-refractivity contribution in [1.82, 2.24) is 15.3 Å². The molecule has 4 N–H and O–H groups in total. The molecule has 6 heteroatoms. The van der Waals surface area contributed by atoms with Crippen molar-refractivity contribution in [2.45, 2.75) is 6.54 Å². The van der Waals surface area contributed by atoms with E-state index < -0.39 is 0 Å². The zero-order chi connectivity index (χ0) is 12.8. The summed E-state index contributed by atoms with van der Waals surface area (Å²) in [5.41, 5.74) is 3.78. The van der Waals surface area contributed by atoms with Crippen LogP contribution in [0.4, 0.5) is 5.82 Å². The fourth-order valence-electron chi connectivity index (χ4n) is 1.48. The number of hydrogen-bond donors (Lipinski definition) is 3. The average molecular weight is 243 g/mol. The summed E-state index contributed by atoms with van der Waals surface area (Å²) < 4.78 is 0. The minimum atomic E-state index is -0.229. The van der Waals surface area contributed by atoms with Crippen LogP contribution in [-0.2, 0) is 6.54 Å². The van der Waals surface area contributed by atoms with Crippen molar-refractivity contribution in [3.8, 4) is 0 Å². The van der Waals surface area contributed by atoms with Crippen molar-refractivity contribution in [3.63, 3.8) is 0 Å². The highest BCUT2D eigenvalue weighted by Crippen LogP contribution is 2.09. The van der Waals surface area contributed by atoms with Crippen LogP contribution >= 0.6 is 0 Å². The maximum absolute atomic E-state index is 11.9. The van der Waals surface area contributed by atoms with Crippen molar-refractivity contribution in [2.75, 3.05) is 5.43 Å². The van der Waals surface area contributed by atoms with E-state index in [-0.39, 0.29) is 5.91 Å².